The predicted octanol–water partition coefficient (Wildman–Crippen LogP) is 4.31. The van der Waals surface area contributed by atoms with Crippen LogP contribution in [0.25, 0.3) is 21.8 Å². The Balaban J connectivity index is 1.87. The number of rotatable bonds is 8. The van der Waals surface area contributed by atoms with Gasteiger partial charge >= 0.3 is 6.09 Å². The van der Waals surface area contributed by atoms with Crippen LogP contribution in [0.4, 0.5) is 21.9 Å². The summed E-state index contributed by atoms with van der Waals surface area (Å²) in [6, 6.07) is 16.3. The van der Waals surface area contributed by atoms with Crippen LogP contribution in [0.1, 0.15) is 21.5 Å². The highest BCUT2D eigenvalue weighted by molar-refractivity contribution is 6.15. The molecule has 0 saturated carbocycles. The number of nitrogens with zero attached hydrogens (tertiary/aromatic N) is 2. The van der Waals surface area contributed by atoms with E-state index in [-0.39, 0.29) is 12.5 Å². The van der Waals surface area contributed by atoms with E-state index in [2.05, 4.69) is 16.0 Å². The number of pyridine rings is 1. The van der Waals surface area contributed by atoms with E-state index in [4.69, 9.17) is 10.1 Å². The summed E-state index contributed by atoms with van der Waals surface area (Å²) < 4.78 is 0. The quantitative estimate of drug-likeness (QED) is 0.234. The Morgan fingerprint density at radius 2 is 1.67 bits per heavy atom. The van der Waals surface area contributed by atoms with Crippen LogP contribution in [-0.4, -0.2) is 59.3 Å². The Kier molecular flexibility index (Phi) is 7.33. The molecule has 0 atom stereocenters. The fourth-order valence-corrected chi connectivity index (χ4v) is 4.13. The lowest BCUT2D eigenvalue weighted by atomic mass is 10.0. The molecule has 0 unspecified atom stereocenters. The van der Waals surface area contributed by atoms with E-state index in [1.54, 1.807) is 24.3 Å². The molecule has 1 heterocycles. The van der Waals surface area contributed by atoms with E-state index in [1.807, 2.05) is 56.3 Å². The van der Waals surface area contributed by atoms with Gasteiger partial charge in [-0.05, 0) is 56.4 Å². The number of carbonyl (C=O) groups excluding carboxylic acids is 1. The van der Waals surface area contributed by atoms with E-state index < -0.39 is 6.09 Å². The number of carboxylic acid groups (broad SMARTS) is 1. The summed E-state index contributed by atoms with van der Waals surface area (Å²) >= 11 is 0. The van der Waals surface area contributed by atoms with Gasteiger partial charge in [0, 0.05) is 35.2 Å². The number of para-hydroxylation sites is 2. The summed E-state index contributed by atoms with van der Waals surface area (Å²) in [5.74, 6) is -0.205. The van der Waals surface area contributed by atoms with Crippen molar-refractivity contribution in [3.8, 4) is 0 Å². The Labute approximate surface area is 208 Å². The van der Waals surface area contributed by atoms with Crippen LogP contribution < -0.4 is 16.0 Å². The van der Waals surface area contributed by atoms with Crippen LogP contribution in [0.3, 0.4) is 0 Å². The fraction of sp³-hybridized carbons (Fsp3) is 0.222. The first-order chi connectivity index (χ1) is 17.3. The van der Waals surface area contributed by atoms with E-state index in [0.29, 0.717) is 41.1 Å². The molecule has 4 aromatic rings. The highest BCUT2D eigenvalue weighted by Crippen LogP contribution is 2.36. The molecule has 0 radical (unpaired) electrons. The highest BCUT2D eigenvalue weighted by atomic mass is 16.4. The lowest BCUT2D eigenvalue weighted by molar-refractivity contribution is 0.0952. The maximum absolute atomic E-state index is 13.1. The third kappa shape index (κ3) is 5.37. The second-order valence-corrected chi connectivity index (χ2v) is 8.85. The van der Waals surface area contributed by atoms with Crippen LogP contribution in [0.5, 0.6) is 0 Å². The molecule has 0 aliphatic heterocycles. The first-order valence-electron chi connectivity index (χ1n) is 11.5. The van der Waals surface area contributed by atoms with Gasteiger partial charge in [-0.15, -0.1) is 0 Å². The average molecular weight is 488 g/mol. The number of aliphatic hydroxyl groups is 1. The lowest BCUT2D eigenvalue weighted by Gasteiger charge is -2.17. The second kappa shape index (κ2) is 10.6. The van der Waals surface area contributed by atoms with Crippen molar-refractivity contribution in [3.05, 3.63) is 71.3 Å². The van der Waals surface area contributed by atoms with Gasteiger partial charge in [0.2, 0.25) is 0 Å². The van der Waals surface area contributed by atoms with E-state index in [9.17, 15) is 14.7 Å². The molecule has 0 aliphatic carbocycles. The Hall–Kier alpha value is -4.21. The maximum Gasteiger partial charge on any atom is 0.409 e. The second-order valence-electron chi connectivity index (χ2n) is 8.85. The van der Waals surface area contributed by atoms with Crippen molar-refractivity contribution in [3.63, 3.8) is 0 Å². The molecule has 186 valence electrons. The molecule has 36 heavy (non-hydrogen) atoms. The summed E-state index contributed by atoms with van der Waals surface area (Å²) in [5.41, 5.74) is 4.93. The zero-order valence-corrected chi connectivity index (χ0v) is 20.4. The number of nitrogens with one attached hydrogen (secondary N) is 3. The van der Waals surface area contributed by atoms with Crippen LogP contribution in [0.15, 0.2) is 54.6 Å². The van der Waals surface area contributed by atoms with Crippen molar-refractivity contribution < 1.29 is 19.8 Å². The maximum atomic E-state index is 13.1. The van der Waals surface area contributed by atoms with Gasteiger partial charge < -0.3 is 25.7 Å². The van der Waals surface area contributed by atoms with Gasteiger partial charge in [0.15, 0.2) is 0 Å². The van der Waals surface area contributed by atoms with Crippen LogP contribution in [-0.2, 0) is 6.61 Å². The minimum atomic E-state index is -1.20. The SMILES string of the molecule is Cc1cccc2c(Nc3cc(CO)cc(NC(=O)O)c3)c3cccc(C(=O)NCCN(C)C)c3nc12. The number of benzene rings is 3. The fourth-order valence-electron chi connectivity index (χ4n) is 4.13. The van der Waals surface area contributed by atoms with Crippen LogP contribution >= 0.6 is 0 Å². The minimum absolute atomic E-state index is 0.205. The number of aromatic nitrogens is 1. The van der Waals surface area contributed by atoms with Crippen molar-refractivity contribution >= 4 is 50.9 Å². The molecule has 2 amide bonds. The summed E-state index contributed by atoms with van der Waals surface area (Å²) in [7, 11) is 3.89. The number of hydrogen-bond donors (Lipinski definition) is 5. The Bertz CT molecular complexity index is 1450. The molecule has 1 aromatic heterocycles. The number of hydrogen-bond acceptors (Lipinski definition) is 6. The summed E-state index contributed by atoms with van der Waals surface area (Å²) in [6.07, 6.45) is -1.20. The minimum Gasteiger partial charge on any atom is -0.465 e. The van der Waals surface area contributed by atoms with Crippen molar-refractivity contribution in [2.45, 2.75) is 13.5 Å². The number of amides is 2. The van der Waals surface area contributed by atoms with E-state index in [0.717, 1.165) is 27.5 Å². The van der Waals surface area contributed by atoms with Crippen molar-refractivity contribution in [2.75, 3.05) is 37.8 Å². The number of aliphatic hydroxyl groups excluding tert-OH is 1. The van der Waals surface area contributed by atoms with Crippen molar-refractivity contribution in [2.24, 2.45) is 0 Å². The molecule has 0 bridgehead atoms. The normalized spacial score (nSPS) is 11.1. The molecule has 5 N–H and O–H groups in total. The molecule has 0 spiro atoms. The van der Waals surface area contributed by atoms with Gasteiger partial charge in [-0.3, -0.25) is 10.1 Å². The summed E-state index contributed by atoms with van der Waals surface area (Å²) in [5, 5.41) is 29.2. The summed E-state index contributed by atoms with van der Waals surface area (Å²) in [6.45, 7) is 2.93. The smallest absolute Gasteiger partial charge is 0.409 e. The Morgan fingerprint density at radius 3 is 2.36 bits per heavy atom. The van der Waals surface area contributed by atoms with Gasteiger partial charge in [0.25, 0.3) is 5.91 Å². The number of aryl methyl sites for hydroxylation is 1. The number of likely N-dealkylation sites (N-methyl/N-ethyl adjacent to an activating group) is 1. The van der Waals surface area contributed by atoms with Crippen molar-refractivity contribution in [1.29, 1.82) is 0 Å². The lowest BCUT2D eigenvalue weighted by Crippen LogP contribution is -2.31. The van der Waals surface area contributed by atoms with Crippen LogP contribution in [0, 0.1) is 6.92 Å². The van der Waals surface area contributed by atoms with Gasteiger partial charge in [0.05, 0.1) is 28.9 Å². The molecule has 0 aliphatic rings. The highest BCUT2D eigenvalue weighted by Gasteiger charge is 2.17. The topological polar surface area (TPSA) is 127 Å². The molecule has 9 nitrogen and oxygen atoms in total. The third-order valence-electron chi connectivity index (χ3n) is 5.82. The molecule has 9 heteroatoms. The first kappa shape index (κ1) is 24.9. The number of anilines is 3. The predicted molar refractivity (Wildman–Crippen MR) is 142 cm³/mol. The molecule has 0 fully saturated rings. The average Bonchev–Trinajstić information content (AvgIpc) is 2.83. The van der Waals surface area contributed by atoms with Gasteiger partial charge in [-0.25, -0.2) is 9.78 Å². The molecule has 3 aromatic carbocycles. The third-order valence-corrected chi connectivity index (χ3v) is 5.82. The van der Waals surface area contributed by atoms with Crippen LogP contribution in [0.2, 0.25) is 0 Å². The van der Waals surface area contributed by atoms with Gasteiger partial charge in [0.1, 0.15) is 0 Å². The number of fused-ring (bicyclic) bond motifs is 2. The summed E-state index contributed by atoms with van der Waals surface area (Å²) in [4.78, 5) is 31.2. The number of carbonyl (C=O) groups is 2. The zero-order chi connectivity index (χ0) is 25.8. The standard InChI is InChI=1S/C27H29N5O4/c1-16-6-4-7-20-23(16)31-25-21(8-5-9-22(25)26(34)28-10-11-32(2)3)24(20)29-18-12-17(15-33)13-19(14-18)30-27(35)36/h4-9,12-14,30,33H,10-11,15H2,1-3H3,(H,28,34)(H,29,31)(H,35,36). The Morgan fingerprint density at radius 1 is 0.972 bits per heavy atom. The van der Waals surface area contributed by atoms with Gasteiger partial charge in [-0.2, -0.15) is 0 Å². The van der Waals surface area contributed by atoms with Crippen molar-refractivity contribution in [1.82, 2.24) is 15.2 Å². The molecular weight excluding hydrogens is 458 g/mol. The molecule has 4 rings (SSSR count). The zero-order valence-electron chi connectivity index (χ0n) is 20.4. The largest absolute Gasteiger partial charge is 0.465 e. The van der Waals surface area contributed by atoms with E-state index >= 15 is 0 Å². The molecular formula is C27H29N5O4. The van der Waals surface area contributed by atoms with E-state index in [1.165, 1.54) is 0 Å². The first-order valence-corrected chi connectivity index (χ1v) is 11.5. The van der Waals surface area contributed by atoms with Gasteiger partial charge in [-0.1, -0.05) is 30.3 Å². The monoisotopic (exact) mass is 487 g/mol. The molecule has 0 saturated heterocycles.